The van der Waals surface area contributed by atoms with Crippen LogP contribution in [-0.4, -0.2) is 41.7 Å². The molecule has 1 saturated heterocycles. The van der Waals surface area contributed by atoms with Crippen LogP contribution in [0.25, 0.3) is 11.1 Å². The third-order valence-electron chi connectivity index (χ3n) is 4.44. The molecule has 0 saturated carbocycles. The monoisotopic (exact) mass is 326 g/mol. The van der Waals surface area contributed by atoms with Crippen molar-refractivity contribution in [2.75, 3.05) is 13.7 Å². The van der Waals surface area contributed by atoms with Crippen LogP contribution in [0.1, 0.15) is 12.0 Å². The Balaban J connectivity index is 1.81. The molecule has 3 N–H and O–H groups in total. The number of carbonyl (C=O) groups is 1. The molecule has 0 amide bonds. The molecule has 1 fully saturated rings. The van der Waals surface area contributed by atoms with Crippen molar-refractivity contribution >= 4 is 5.97 Å². The Morgan fingerprint density at radius 1 is 1.25 bits per heavy atom. The summed E-state index contributed by atoms with van der Waals surface area (Å²) in [5, 5.41) is 9.36. The third kappa shape index (κ3) is 3.58. The van der Waals surface area contributed by atoms with Crippen LogP contribution in [0.4, 0.5) is 0 Å². The van der Waals surface area contributed by atoms with E-state index in [1.807, 2.05) is 47.4 Å². The van der Waals surface area contributed by atoms with Crippen molar-refractivity contribution in [1.82, 2.24) is 4.90 Å². The van der Waals surface area contributed by atoms with Crippen LogP contribution < -0.4 is 10.5 Å². The lowest BCUT2D eigenvalue weighted by Crippen LogP contribution is -2.35. The average molecular weight is 326 g/mol. The number of nitrogens with zero attached hydrogens (tertiary/aromatic N) is 1. The number of ether oxygens (including phenoxy) is 1. The lowest BCUT2D eigenvalue weighted by molar-refractivity contribution is -0.142. The number of methoxy groups -OCH3 is 1. The third-order valence-corrected chi connectivity index (χ3v) is 4.44. The van der Waals surface area contributed by atoms with Crippen LogP contribution in [0.3, 0.4) is 0 Å². The Labute approximate surface area is 141 Å². The molecule has 5 heteroatoms. The number of hydrogen-bond donors (Lipinski definition) is 2. The van der Waals surface area contributed by atoms with Gasteiger partial charge >= 0.3 is 5.97 Å². The van der Waals surface area contributed by atoms with E-state index >= 15 is 0 Å². The zero-order valence-electron chi connectivity index (χ0n) is 13.7. The number of rotatable bonds is 5. The van der Waals surface area contributed by atoms with E-state index in [1.165, 1.54) is 0 Å². The maximum Gasteiger partial charge on any atom is 0.320 e. The highest BCUT2D eigenvalue weighted by molar-refractivity contribution is 5.74. The predicted molar refractivity (Wildman–Crippen MR) is 92.9 cm³/mol. The van der Waals surface area contributed by atoms with E-state index in [0.29, 0.717) is 19.5 Å². The Morgan fingerprint density at radius 3 is 2.67 bits per heavy atom. The molecule has 5 nitrogen and oxygen atoms in total. The summed E-state index contributed by atoms with van der Waals surface area (Å²) in [7, 11) is 1.65. The fourth-order valence-electron chi connectivity index (χ4n) is 3.26. The van der Waals surface area contributed by atoms with E-state index in [1.54, 1.807) is 7.11 Å². The second kappa shape index (κ2) is 7.03. The van der Waals surface area contributed by atoms with Gasteiger partial charge in [0.1, 0.15) is 11.8 Å². The first kappa shape index (κ1) is 16.5. The minimum atomic E-state index is -0.799. The van der Waals surface area contributed by atoms with Gasteiger partial charge in [0, 0.05) is 19.1 Å². The molecule has 2 aromatic carbocycles. The molecule has 3 rings (SSSR count). The van der Waals surface area contributed by atoms with E-state index < -0.39 is 12.0 Å². The number of nitrogens with two attached hydrogens (primary N) is 1. The first-order valence-corrected chi connectivity index (χ1v) is 8.02. The summed E-state index contributed by atoms with van der Waals surface area (Å²) < 4.78 is 5.28. The van der Waals surface area contributed by atoms with Crippen LogP contribution in [0.5, 0.6) is 5.75 Å². The van der Waals surface area contributed by atoms with Gasteiger partial charge in [-0.25, -0.2) is 0 Å². The van der Waals surface area contributed by atoms with E-state index in [0.717, 1.165) is 22.4 Å². The summed E-state index contributed by atoms with van der Waals surface area (Å²) in [6.07, 6.45) is 0.505. The molecule has 0 aromatic heterocycles. The fraction of sp³-hybridized carbons (Fsp3) is 0.316. The first-order valence-electron chi connectivity index (χ1n) is 8.02. The predicted octanol–water partition coefficient (Wildman–Crippen LogP) is 2.35. The van der Waals surface area contributed by atoms with Crippen LogP contribution in [0, 0.1) is 0 Å². The molecule has 1 heterocycles. The van der Waals surface area contributed by atoms with E-state index in [-0.39, 0.29) is 6.04 Å². The molecular formula is C19H22N2O3. The molecule has 0 aliphatic carbocycles. The van der Waals surface area contributed by atoms with Gasteiger partial charge in [-0.3, -0.25) is 9.69 Å². The van der Waals surface area contributed by atoms with Gasteiger partial charge < -0.3 is 15.6 Å². The molecule has 0 spiro atoms. The number of benzene rings is 2. The van der Waals surface area contributed by atoms with Gasteiger partial charge in [-0.2, -0.15) is 0 Å². The highest BCUT2D eigenvalue weighted by Crippen LogP contribution is 2.26. The summed E-state index contributed by atoms with van der Waals surface area (Å²) in [6.45, 7) is 1.20. The van der Waals surface area contributed by atoms with Crippen LogP contribution in [-0.2, 0) is 11.3 Å². The minimum absolute atomic E-state index is 0.0762. The van der Waals surface area contributed by atoms with Gasteiger partial charge in [0.05, 0.1) is 7.11 Å². The molecule has 1 aliphatic rings. The standard InChI is InChI=1S/C19H22N2O3/c1-24-17-7-3-6-15(9-17)14-5-2-4-13(8-14)11-21-12-16(20)10-18(21)19(22)23/h2-9,16,18H,10-12,20H2,1H3,(H,22,23)/t16-,18-/m0/s1. The van der Waals surface area contributed by atoms with Gasteiger partial charge in [0.2, 0.25) is 0 Å². The second-order valence-electron chi connectivity index (χ2n) is 6.21. The van der Waals surface area contributed by atoms with Crippen molar-refractivity contribution in [3.63, 3.8) is 0 Å². The van der Waals surface area contributed by atoms with Crippen molar-refractivity contribution in [1.29, 1.82) is 0 Å². The molecular weight excluding hydrogens is 304 g/mol. The molecule has 2 aromatic rings. The quantitative estimate of drug-likeness (QED) is 0.882. The summed E-state index contributed by atoms with van der Waals surface area (Å²) in [6, 6.07) is 15.5. The number of carboxylic acid groups (broad SMARTS) is 1. The number of likely N-dealkylation sites (tertiary alicyclic amines) is 1. The van der Waals surface area contributed by atoms with Crippen LogP contribution >= 0.6 is 0 Å². The molecule has 126 valence electrons. The molecule has 24 heavy (non-hydrogen) atoms. The molecule has 0 unspecified atom stereocenters. The first-order chi connectivity index (χ1) is 11.6. The lowest BCUT2D eigenvalue weighted by Gasteiger charge is -2.21. The van der Waals surface area contributed by atoms with Crippen molar-refractivity contribution < 1.29 is 14.6 Å². The maximum atomic E-state index is 11.4. The molecule has 2 atom stereocenters. The van der Waals surface area contributed by atoms with Crippen molar-refractivity contribution in [3.8, 4) is 16.9 Å². The van der Waals surface area contributed by atoms with E-state index in [9.17, 15) is 9.90 Å². The molecule has 0 radical (unpaired) electrons. The number of hydrogen-bond acceptors (Lipinski definition) is 4. The average Bonchev–Trinajstić information content (AvgIpc) is 2.96. The zero-order valence-corrected chi connectivity index (χ0v) is 13.7. The normalized spacial score (nSPS) is 20.9. The van der Waals surface area contributed by atoms with Gasteiger partial charge in [-0.15, -0.1) is 0 Å². The fourth-order valence-corrected chi connectivity index (χ4v) is 3.26. The maximum absolute atomic E-state index is 11.4. The summed E-state index contributed by atoms with van der Waals surface area (Å²) >= 11 is 0. The summed E-state index contributed by atoms with van der Waals surface area (Å²) in [5.74, 6) is 0.0151. The SMILES string of the molecule is COc1cccc(-c2cccc(CN3C[C@@H](N)C[C@H]3C(=O)O)c2)c1. The topological polar surface area (TPSA) is 75.8 Å². The smallest absolute Gasteiger partial charge is 0.320 e. The van der Waals surface area contributed by atoms with Crippen molar-refractivity contribution in [2.24, 2.45) is 5.73 Å². The van der Waals surface area contributed by atoms with Crippen LogP contribution in [0.15, 0.2) is 48.5 Å². The Bertz CT molecular complexity index is 732. The summed E-state index contributed by atoms with van der Waals surface area (Å²) in [4.78, 5) is 13.3. The Morgan fingerprint density at radius 2 is 1.96 bits per heavy atom. The summed E-state index contributed by atoms with van der Waals surface area (Å²) in [5.41, 5.74) is 9.18. The van der Waals surface area contributed by atoms with Gasteiger partial charge in [0.15, 0.2) is 0 Å². The zero-order chi connectivity index (χ0) is 17.1. The lowest BCUT2D eigenvalue weighted by atomic mass is 10.0. The van der Waals surface area contributed by atoms with Gasteiger partial charge in [-0.1, -0.05) is 30.3 Å². The molecule has 1 aliphatic heterocycles. The van der Waals surface area contributed by atoms with Gasteiger partial charge in [0.25, 0.3) is 0 Å². The Kier molecular flexibility index (Phi) is 4.83. The minimum Gasteiger partial charge on any atom is -0.497 e. The highest BCUT2D eigenvalue weighted by atomic mass is 16.5. The van der Waals surface area contributed by atoms with Gasteiger partial charge in [-0.05, 0) is 41.3 Å². The second-order valence-corrected chi connectivity index (χ2v) is 6.21. The van der Waals surface area contributed by atoms with Crippen molar-refractivity contribution in [2.45, 2.75) is 25.0 Å². The number of aliphatic carboxylic acids is 1. The molecule has 0 bridgehead atoms. The Hall–Kier alpha value is -2.37. The van der Waals surface area contributed by atoms with E-state index in [4.69, 9.17) is 10.5 Å². The highest BCUT2D eigenvalue weighted by Gasteiger charge is 2.34. The van der Waals surface area contributed by atoms with Crippen LogP contribution in [0.2, 0.25) is 0 Å². The van der Waals surface area contributed by atoms with E-state index in [2.05, 4.69) is 6.07 Å². The number of carboxylic acids is 1. The van der Waals surface area contributed by atoms with Crippen molar-refractivity contribution in [3.05, 3.63) is 54.1 Å². The largest absolute Gasteiger partial charge is 0.497 e.